The van der Waals surface area contributed by atoms with Gasteiger partial charge in [-0.3, -0.25) is 0 Å². The molecule has 2 heterocycles. The molecule has 0 atom stereocenters. The van der Waals surface area contributed by atoms with Crippen LogP contribution in [0, 0.1) is 6.92 Å². The largest absolute Gasteiger partial charge is 1.00 e. The Bertz CT molecular complexity index is 551. The number of aromatic nitrogens is 2. The van der Waals surface area contributed by atoms with Gasteiger partial charge in [0.15, 0.2) is 0 Å². The molecule has 3 nitrogen and oxygen atoms in total. The normalized spacial score (nSPS) is 14.8. The highest BCUT2D eigenvalue weighted by Crippen LogP contribution is 2.23. The lowest BCUT2D eigenvalue weighted by Gasteiger charge is -2.28. The number of nitrogens with zero attached hydrogens (tertiary/aromatic N) is 3. The number of halogens is 1. The van der Waals surface area contributed by atoms with E-state index in [9.17, 15) is 0 Å². The van der Waals surface area contributed by atoms with E-state index in [1.807, 2.05) is 25.1 Å². The summed E-state index contributed by atoms with van der Waals surface area (Å²) in [5.74, 6) is 1.92. The molecule has 0 aliphatic carbocycles. The quantitative estimate of drug-likeness (QED) is 0.803. The minimum absolute atomic E-state index is 0. The Hall–Kier alpha value is -1.61. The van der Waals surface area contributed by atoms with Crippen LogP contribution < -0.4 is 17.3 Å². The molecule has 0 saturated carbocycles. The van der Waals surface area contributed by atoms with Gasteiger partial charge >= 0.3 is 0 Å². The van der Waals surface area contributed by atoms with Crippen molar-refractivity contribution >= 4 is 5.82 Å². The molecule has 0 spiro atoms. The van der Waals surface area contributed by atoms with Crippen molar-refractivity contribution in [1.29, 1.82) is 0 Å². The van der Waals surface area contributed by atoms with Crippen LogP contribution in [0.3, 0.4) is 0 Å². The Kier molecular flexibility index (Phi) is 4.96. The molecule has 1 aromatic heterocycles. The maximum absolute atomic E-state index is 4.60. The van der Waals surface area contributed by atoms with Crippen LogP contribution >= 0.6 is 0 Å². The van der Waals surface area contributed by atoms with Crippen molar-refractivity contribution in [3.8, 4) is 11.3 Å². The first-order chi connectivity index (χ1) is 9.33. The molecule has 1 aromatic carbocycles. The summed E-state index contributed by atoms with van der Waals surface area (Å²) in [7, 11) is 0. The molecule has 106 valence electrons. The fourth-order valence-electron chi connectivity index (χ4n) is 2.59. The molecule has 0 radical (unpaired) electrons. The van der Waals surface area contributed by atoms with E-state index in [-0.39, 0.29) is 12.4 Å². The molecule has 1 fully saturated rings. The standard InChI is InChI=1S/C16H19N3.ClH/c1-13-17-15(14-8-4-2-5-9-14)12-16(18-13)19-10-6-3-7-11-19;/h2,4-5,8-9,12H,3,6-7,10-11H2,1H3;1H/p-1. The van der Waals surface area contributed by atoms with Crippen LogP contribution in [0.4, 0.5) is 5.82 Å². The van der Waals surface area contributed by atoms with Crippen molar-refractivity contribution in [1.82, 2.24) is 9.97 Å². The molecule has 3 rings (SSSR count). The van der Waals surface area contributed by atoms with Crippen LogP contribution in [0.1, 0.15) is 25.1 Å². The third-order valence-electron chi connectivity index (χ3n) is 3.57. The molecule has 1 saturated heterocycles. The van der Waals surface area contributed by atoms with E-state index in [2.05, 4.69) is 33.1 Å². The van der Waals surface area contributed by atoms with Crippen LogP contribution in [0.15, 0.2) is 36.4 Å². The number of rotatable bonds is 2. The molecule has 0 bridgehead atoms. The highest BCUT2D eigenvalue weighted by atomic mass is 35.5. The Morgan fingerprint density at radius 3 is 2.35 bits per heavy atom. The third kappa shape index (κ3) is 3.28. The van der Waals surface area contributed by atoms with Gasteiger partial charge in [-0.25, -0.2) is 9.97 Å². The predicted octanol–water partition coefficient (Wildman–Crippen LogP) is 0.446. The Balaban J connectivity index is 0.00000147. The van der Waals surface area contributed by atoms with Crippen LogP contribution in [-0.4, -0.2) is 23.1 Å². The summed E-state index contributed by atoms with van der Waals surface area (Å²) in [4.78, 5) is 11.5. The van der Waals surface area contributed by atoms with E-state index in [4.69, 9.17) is 0 Å². The second-order valence-corrected chi connectivity index (χ2v) is 5.07. The van der Waals surface area contributed by atoms with Gasteiger partial charge in [0.2, 0.25) is 0 Å². The van der Waals surface area contributed by atoms with Crippen LogP contribution in [0.5, 0.6) is 0 Å². The average Bonchev–Trinajstić information content (AvgIpc) is 2.48. The summed E-state index contributed by atoms with van der Waals surface area (Å²) in [6, 6.07) is 12.4. The van der Waals surface area contributed by atoms with Gasteiger partial charge in [-0.15, -0.1) is 0 Å². The molecular formula is C16H19ClN3-. The van der Waals surface area contributed by atoms with E-state index in [0.29, 0.717) is 0 Å². The lowest BCUT2D eigenvalue weighted by Crippen LogP contribution is -3.00. The van der Waals surface area contributed by atoms with E-state index in [0.717, 1.165) is 36.0 Å². The number of benzene rings is 1. The summed E-state index contributed by atoms with van der Waals surface area (Å²) in [5, 5.41) is 0. The summed E-state index contributed by atoms with van der Waals surface area (Å²) >= 11 is 0. The Labute approximate surface area is 126 Å². The Morgan fingerprint density at radius 1 is 0.950 bits per heavy atom. The van der Waals surface area contributed by atoms with Gasteiger partial charge in [0.25, 0.3) is 0 Å². The lowest BCUT2D eigenvalue weighted by molar-refractivity contribution is -0.00000411. The number of anilines is 1. The summed E-state index contributed by atoms with van der Waals surface area (Å²) in [6.45, 7) is 4.20. The minimum Gasteiger partial charge on any atom is -1.00 e. The molecule has 0 N–H and O–H groups in total. The highest BCUT2D eigenvalue weighted by Gasteiger charge is 2.14. The average molecular weight is 289 g/mol. The maximum Gasteiger partial charge on any atom is 0.132 e. The molecule has 1 aliphatic rings. The van der Waals surface area contributed by atoms with Crippen molar-refractivity contribution in [2.24, 2.45) is 0 Å². The van der Waals surface area contributed by atoms with Crippen molar-refractivity contribution in [3.05, 3.63) is 42.2 Å². The highest BCUT2D eigenvalue weighted by molar-refractivity contribution is 5.62. The van der Waals surface area contributed by atoms with Crippen molar-refractivity contribution < 1.29 is 12.4 Å². The number of hydrogen-bond donors (Lipinski definition) is 0. The molecule has 0 unspecified atom stereocenters. The van der Waals surface area contributed by atoms with Crippen LogP contribution in [0.25, 0.3) is 11.3 Å². The predicted molar refractivity (Wildman–Crippen MR) is 78.3 cm³/mol. The maximum atomic E-state index is 4.60. The fraction of sp³-hybridized carbons (Fsp3) is 0.375. The van der Waals surface area contributed by atoms with Gasteiger partial charge in [0.1, 0.15) is 11.6 Å². The van der Waals surface area contributed by atoms with Crippen LogP contribution in [-0.2, 0) is 0 Å². The first kappa shape index (κ1) is 14.8. The van der Waals surface area contributed by atoms with Gasteiger partial charge in [-0.1, -0.05) is 30.3 Å². The van der Waals surface area contributed by atoms with Gasteiger partial charge in [-0.2, -0.15) is 0 Å². The number of aryl methyl sites for hydroxylation is 1. The van der Waals surface area contributed by atoms with Gasteiger partial charge in [0, 0.05) is 24.7 Å². The fourth-order valence-corrected chi connectivity index (χ4v) is 2.59. The topological polar surface area (TPSA) is 29.0 Å². The van der Waals surface area contributed by atoms with Crippen LogP contribution in [0.2, 0.25) is 0 Å². The van der Waals surface area contributed by atoms with Crippen molar-refractivity contribution in [2.45, 2.75) is 26.2 Å². The monoisotopic (exact) mass is 288 g/mol. The lowest BCUT2D eigenvalue weighted by atomic mass is 10.1. The third-order valence-corrected chi connectivity index (χ3v) is 3.57. The smallest absolute Gasteiger partial charge is 0.132 e. The van der Waals surface area contributed by atoms with E-state index < -0.39 is 0 Å². The van der Waals surface area contributed by atoms with E-state index >= 15 is 0 Å². The first-order valence-electron chi connectivity index (χ1n) is 6.99. The van der Waals surface area contributed by atoms with Gasteiger partial charge in [-0.05, 0) is 26.2 Å². The van der Waals surface area contributed by atoms with Gasteiger partial charge < -0.3 is 17.3 Å². The molecule has 20 heavy (non-hydrogen) atoms. The summed E-state index contributed by atoms with van der Waals surface area (Å²) in [6.07, 6.45) is 3.87. The molecular weight excluding hydrogens is 270 g/mol. The summed E-state index contributed by atoms with van der Waals surface area (Å²) in [5.41, 5.74) is 2.18. The van der Waals surface area contributed by atoms with Crippen molar-refractivity contribution in [2.75, 3.05) is 18.0 Å². The Morgan fingerprint density at radius 2 is 1.65 bits per heavy atom. The molecule has 4 heteroatoms. The first-order valence-corrected chi connectivity index (χ1v) is 6.99. The zero-order valence-electron chi connectivity index (χ0n) is 11.7. The summed E-state index contributed by atoms with van der Waals surface area (Å²) < 4.78 is 0. The number of hydrogen-bond acceptors (Lipinski definition) is 3. The molecule has 2 aromatic rings. The second-order valence-electron chi connectivity index (χ2n) is 5.07. The molecule has 0 amide bonds. The molecule has 1 aliphatic heterocycles. The SMILES string of the molecule is Cc1nc(-c2ccccc2)cc(N2CCCCC2)n1.[Cl-]. The van der Waals surface area contributed by atoms with Gasteiger partial charge in [0.05, 0.1) is 5.69 Å². The van der Waals surface area contributed by atoms with Crippen molar-refractivity contribution in [3.63, 3.8) is 0 Å². The zero-order valence-corrected chi connectivity index (χ0v) is 12.5. The minimum atomic E-state index is 0. The second kappa shape index (κ2) is 6.71. The zero-order chi connectivity index (χ0) is 13.1. The van der Waals surface area contributed by atoms with E-state index in [1.165, 1.54) is 19.3 Å². The van der Waals surface area contributed by atoms with E-state index in [1.54, 1.807) is 0 Å². The number of piperidine rings is 1.